The number of carbonyl (C=O) groups is 2. The van der Waals surface area contributed by atoms with E-state index >= 15 is 0 Å². The van der Waals surface area contributed by atoms with Crippen molar-refractivity contribution in [2.75, 3.05) is 6.54 Å². The van der Waals surface area contributed by atoms with Crippen LogP contribution >= 0.6 is 0 Å². The number of nitrogens with zero attached hydrogens (tertiary/aromatic N) is 2. The van der Waals surface area contributed by atoms with E-state index < -0.39 is 0 Å². The molecule has 1 aromatic heterocycles. The molecule has 0 aliphatic carbocycles. The van der Waals surface area contributed by atoms with Crippen LogP contribution < -0.4 is 0 Å². The van der Waals surface area contributed by atoms with E-state index in [1.807, 2.05) is 6.07 Å². The van der Waals surface area contributed by atoms with E-state index in [9.17, 15) is 9.59 Å². The normalized spacial score (nSPS) is 19.0. The maximum absolute atomic E-state index is 12.5. The van der Waals surface area contributed by atoms with Crippen molar-refractivity contribution >= 4 is 22.6 Å². The molecule has 0 radical (unpaired) electrons. The van der Waals surface area contributed by atoms with Crippen molar-refractivity contribution in [1.82, 2.24) is 15.1 Å². The van der Waals surface area contributed by atoms with Gasteiger partial charge < -0.3 is 4.90 Å². The number of H-pyrrole nitrogens is 1. The number of ketones is 1. The summed E-state index contributed by atoms with van der Waals surface area (Å²) in [6, 6.07) is 5.19. The Kier molecular flexibility index (Phi) is 2.81. The number of amides is 1. The number of hydrogen-bond acceptors (Lipinski definition) is 3. The zero-order chi connectivity index (χ0) is 13.4. The van der Waals surface area contributed by atoms with Crippen molar-refractivity contribution in [3.63, 3.8) is 0 Å². The van der Waals surface area contributed by atoms with Crippen LogP contribution in [-0.4, -0.2) is 39.4 Å². The van der Waals surface area contributed by atoms with Gasteiger partial charge in [0, 0.05) is 17.5 Å². The van der Waals surface area contributed by atoms with Crippen LogP contribution in [0.15, 0.2) is 24.4 Å². The number of hydrogen-bond donors (Lipinski definition) is 1. The smallest absolute Gasteiger partial charge is 0.254 e. The first-order chi connectivity index (χ1) is 9.16. The Labute approximate surface area is 110 Å². The van der Waals surface area contributed by atoms with E-state index in [0.717, 1.165) is 23.7 Å². The number of carbonyl (C=O) groups excluding carboxylic acids is 2. The van der Waals surface area contributed by atoms with Gasteiger partial charge >= 0.3 is 0 Å². The summed E-state index contributed by atoms with van der Waals surface area (Å²) < 4.78 is 0. The summed E-state index contributed by atoms with van der Waals surface area (Å²) in [6.45, 7) is 2.21. The van der Waals surface area contributed by atoms with Crippen molar-refractivity contribution in [1.29, 1.82) is 0 Å². The van der Waals surface area contributed by atoms with Crippen molar-refractivity contribution in [2.24, 2.45) is 0 Å². The Hall–Kier alpha value is -2.17. The lowest BCUT2D eigenvalue weighted by Crippen LogP contribution is -2.39. The molecule has 5 nitrogen and oxygen atoms in total. The maximum Gasteiger partial charge on any atom is 0.254 e. The molecule has 2 heterocycles. The quantitative estimate of drug-likeness (QED) is 0.891. The highest BCUT2D eigenvalue weighted by atomic mass is 16.2. The van der Waals surface area contributed by atoms with Crippen LogP contribution in [0.2, 0.25) is 0 Å². The minimum Gasteiger partial charge on any atom is -0.329 e. The minimum atomic E-state index is -0.259. The first-order valence-corrected chi connectivity index (χ1v) is 6.41. The fourth-order valence-electron chi connectivity index (χ4n) is 2.67. The lowest BCUT2D eigenvalue weighted by atomic mass is 10.1. The number of likely N-dealkylation sites (tertiary alicyclic amines) is 1. The van der Waals surface area contributed by atoms with E-state index in [0.29, 0.717) is 12.1 Å². The molecule has 0 saturated carbocycles. The summed E-state index contributed by atoms with van der Waals surface area (Å²) in [7, 11) is 0. The number of aromatic amines is 1. The average molecular weight is 257 g/mol. The van der Waals surface area contributed by atoms with Crippen LogP contribution in [0.4, 0.5) is 0 Å². The van der Waals surface area contributed by atoms with E-state index in [2.05, 4.69) is 10.2 Å². The summed E-state index contributed by atoms with van der Waals surface area (Å²) in [4.78, 5) is 25.7. The molecule has 1 N–H and O–H groups in total. The second-order valence-electron chi connectivity index (χ2n) is 4.94. The summed E-state index contributed by atoms with van der Waals surface area (Å²) in [5.74, 6) is -0.0114. The predicted molar refractivity (Wildman–Crippen MR) is 70.8 cm³/mol. The van der Waals surface area contributed by atoms with Crippen LogP contribution in [0.3, 0.4) is 0 Å². The number of nitrogens with one attached hydrogen (secondary N) is 1. The number of benzene rings is 1. The topological polar surface area (TPSA) is 66.1 Å². The largest absolute Gasteiger partial charge is 0.329 e. The van der Waals surface area contributed by atoms with E-state index in [1.54, 1.807) is 30.2 Å². The third-order valence-corrected chi connectivity index (χ3v) is 3.67. The molecule has 0 spiro atoms. The minimum absolute atomic E-state index is 0.0634. The van der Waals surface area contributed by atoms with Gasteiger partial charge in [0.15, 0.2) is 5.78 Å². The van der Waals surface area contributed by atoms with Gasteiger partial charge in [-0.2, -0.15) is 5.10 Å². The molecule has 5 heteroatoms. The molecule has 2 aromatic rings. The second-order valence-corrected chi connectivity index (χ2v) is 4.94. The Morgan fingerprint density at radius 2 is 2.26 bits per heavy atom. The molecule has 0 bridgehead atoms. The molecule has 19 heavy (non-hydrogen) atoms. The number of fused-ring (bicyclic) bond motifs is 1. The van der Waals surface area contributed by atoms with E-state index in [4.69, 9.17) is 0 Å². The van der Waals surface area contributed by atoms with Gasteiger partial charge in [-0.15, -0.1) is 0 Å². The standard InChI is InChI=1S/C14H15N3O2/c1-9(18)13-3-2-6-17(13)14(19)10-4-5-11-8-15-16-12(11)7-10/h4-5,7-8,13H,2-3,6H2,1H3,(H,15,16). The van der Waals surface area contributed by atoms with Gasteiger partial charge in [0.2, 0.25) is 0 Å². The van der Waals surface area contributed by atoms with Crippen molar-refractivity contribution < 1.29 is 9.59 Å². The van der Waals surface area contributed by atoms with E-state index in [1.165, 1.54) is 0 Å². The zero-order valence-electron chi connectivity index (χ0n) is 10.7. The first-order valence-electron chi connectivity index (χ1n) is 6.41. The van der Waals surface area contributed by atoms with Gasteiger partial charge in [-0.3, -0.25) is 14.7 Å². The number of rotatable bonds is 2. The highest BCUT2D eigenvalue weighted by Gasteiger charge is 2.32. The van der Waals surface area contributed by atoms with Crippen LogP contribution in [0.25, 0.3) is 10.9 Å². The van der Waals surface area contributed by atoms with Crippen molar-refractivity contribution in [3.8, 4) is 0 Å². The SMILES string of the molecule is CC(=O)C1CCCN1C(=O)c1ccc2cn[nH]c2c1. The van der Waals surface area contributed by atoms with Crippen LogP contribution in [0.1, 0.15) is 30.1 Å². The summed E-state index contributed by atoms with van der Waals surface area (Å²) in [6.07, 6.45) is 3.38. The molecule has 3 rings (SSSR count). The second kappa shape index (κ2) is 4.50. The van der Waals surface area contributed by atoms with Gasteiger partial charge in [0.05, 0.1) is 17.8 Å². The lowest BCUT2D eigenvalue weighted by molar-refractivity contribution is -0.120. The fraction of sp³-hybridized carbons (Fsp3) is 0.357. The Bertz CT molecular complexity index is 647. The molecule has 1 fully saturated rings. The molecule has 1 aliphatic heterocycles. The fourth-order valence-corrected chi connectivity index (χ4v) is 2.67. The molecular weight excluding hydrogens is 242 g/mol. The van der Waals surface area contributed by atoms with Gasteiger partial charge in [0.25, 0.3) is 5.91 Å². The molecular formula is C14H15N3O2. The summed E-state index contributed by atoms with van der Waals surface area (Å²) in [5.41, 5.74) is 1.44. The van der Waals surface area contributed by atoms with Crippen molar-refractivity contribution in [3.05, 3.63) is 30.0 Å². The number of Topliss-reactive ketones (excluding diaryl/α,β-unsaturated/α-hetero) is 1. The molecule has 1 aliphatic rings. The van der Waals surface area contributed by atoms with Crippen LogP contribution in [-0.2, 0) is 4.79 Å². The lowest BCUT2D eigenvalue weighted by Gasteiger charge is -2.22. The van der Waals surface area contributed by atoms with Gasteiger partial charge in [-0.25, -0.2) is 0 Å². The Morgan fingerprint density at radius 1 is 1.42 bits per heavy atom. The number of aromatic nitrogens is 2. The van der Waals surface area contributed by atoms with Gasteiger partial charge in [-0.05, 0) is 31.9 Å². The monoisotopic (exact) mass is 257 g/mol. The van der Waals surface area contributed by atoms with Gasteiger partial charge in [0.1, 0.15) is 0 Å². The average Bonchev–Trinajstić information content (AvgIpc) is 3.05. The molecule has 1 unspecified atom stereocenters. The third-order valence-electron chi connectivity index (χ3n) is 3.67. The van der Waals surface area contributed by atoms with Gasteiger partial charge in [-0.1, -0.05) is 6.07 Å². The first kappa shape index (κ1) is 11.9. The Morgan fingerprint density at radius 3 is 3.05 bits per heavy atom. The van der Waals surface area contributed by atoms with Crippen molar-refractivity contribution in [2.45, 2.75) is 25.8 Å². The highest BCUT2D eigenvalue weighted by molar-refractivity contribution is 6.00. The molecule has 1 amide bonds. The van der Waals surface area contributed by atoms with E-state index in [-0.39, 0.29) is 17.7 Å². The summed E-state index contributed by atoms with van der Waals surface area (Å²) >= 11 is 0. The summed E-state index contributed by atoms with van der Waals surface area (Å²) in [5, 5.41) is 7.76. The maximum atomic E-state index is 12.5. The highest BCUT2D eigenvalue weighted by Crippen LogP contribution is 2.22. The Balaban J connectivity index is 1.92. The van der Waals surface area contributed by atoms with Crippen LogP contribution in [0.5, 0.6) is 0 Å². The van der Waals surface area contributed by atoms with Crippen LogP contribution in [0, 0.1) is 0 Å². The molecule has 1 aromatic carbocycles. The molecule has 1 saturated heterocycles. The predicted octanol–water partition coefficient (Wildman–Crippen LogP) is 1.76. The molecule has 1 atom stereocenters. The zero-order valence-corrected chi connectivity index (χ0v) is 10.7. The molecule has 98 valence electrons. The third kappa shape index (κ3) is 2.01.